The standard InChI is InChI=1S/C15H35N3O/c16-12-8-4-1-2-7-11-15(19)14(18)10-6-3-5-9-13-17/h14-15,19H,1-13,16-18H2. The first-order valence-corrected chi connectivity index (χ1v) is 8.06. The molecule has 0 radical (unpaired) electrons. The van der Waals surface area contributed by atoms with Crippen LogP contribution in [-0.4, -0.2) is 30.3 Å². The van der Waals surface area contributed by atoms with Gasteiger partial charge in [-0.1, -0.05) is 44.9 Å². The number of hydrogen-bond acceptors (Lipinski definition) is 4. The molecule has 0 saturated heterocycles. The van der Waals surface area contributed by atoms with Gasteiger partial charge < -0.3 is 22.3 Å². The summed E-state index contributed by atoms with van der Waals surface area (Å²) < 4.78 is 0. The average Bonchev–Trinajstić information content (AvgIpc) is 2.42. The molecule has 0 aliphatic carbocycles. The molecular formula is C15H35N3O. The van der Waals surface area contributed by atoms with Crippen LogP contribution < -0.4 is 17.2 Å². The van der Waals surface area contributed by atoms with E-state index in [1.54, 1.807) is 0 Å². The summed E-state index contributed by atoms with van der Waals surface area (Å²) in [5, 5.41) is 9.96. The molecular weight excluding hydrogens is 238 g/mol. The van der Waals surface area contributed by atoms with Crippen molar-refractivity contribution in [2.75, 3.05) is 13.1 Å². The fourth-order valence-electron chi connectivity index (χ4n) is 2.31. The molecule has 0 bridgehead atoms. The molecule has 4 heteroatoms. The molecule has 0 spiro atoms. The minimum Gasteiger partial charge on any atom is -0.392 e. The van der Waals surface area contributed by atoms with Crippen molar-refractivity contribution in [1.82, 2.24) is 0 Å². The Hall–Kier alpha value is -0.160. The van der Waals surface area contributed by atoms with Gasteiger partial charge >= 0.3 is 0 Å². The van der Waals surface area contributed by atoms with E-state index in [1.165, 1.54) is 32.1 Å². The zero-order valence-electron chi connectivity index (χ0n) is 12.5. The zero-order valence-corrected chi connectivity index (χ0v) is 12.5. The Labute approximate surface area is 119 Å². The third-order valence-corrected chi connectivity index (χ3v) is 3.69. The zero-order chi connectivity index (χ0) is 14.3. The largest absolute Gasteiger partial charge is 0.392 e. The second-order valence-corrected chi connectivity index (χ2v) is 5.57. The fraction of sp³-hybridized carbons (Fsp3) is 1.00. The van der Waals surface area contributed by atoms with Gasteiger partial charge in [-0.15, -0.1) is 0 Å². The molecule has 0 heterocycles. The van der Waals surface area contributed by atoms with Gasteiger partial charge in [-0.25, -0.2) is 0 Å². The summed E-state index contributed by atoms with van der Waals surface area (Å²) in [6.45, 7) is 1.57. The Balaban J connectivity index is 3.35. The normalized spacial score (nSPS) is 14.5. The van der Waals surface area contributed by atoms with Crippen molar-refractivity contribution in [2.24, 2.45) is 17.2 Å². The molecule has 0 aliphatic rings. The van der Waals surface area contributed by atoms with Crippen LogP contribution in [0.2, 0.25) is 0 Å². The first-order valence-electron chi connectivity index (χ1n) is 8.06. The molecule has 0 aromatic rings. The molecule has 0 aromatic heterocycles. The van der Waals surface area contributed by atoms with Gasteiger partial charge in [0.25, 0.3) is 0 Å². The molecule has 2 unspecified atom stereocenters. The van der Waals surface area contributed by atoms with Crippen LogP contribution in [0.5, 0.6) is 0 Å². The minimum atomic E-state index is -0.330. The van der Waals surface area contributed by atoms with Crippen LogP contribution >= 0.6 is 0 Å². The molecule has 0 aromatic carbocycles. The van der Waals surface area contributed by atoms with Crippen molar-refractivity contribution in [2.45, 2.75) is 82.8 Å². The van der Waals surface area contributed by atoms with Gasteiger partial charge in [0.2, 0.25) is 0 Å². The monoisotopic (exact) mass is 273 g/mol. The van der Waals surface area contributed by atoms with E-state index in [0.717, 1.165) is 51.6 Å². The maximum atomic E-state index is 9.96. The summed E-state index contributed by atoms with van der Waals surface area (Å²) in [7, 11) is 0. The van der Waals surface area contributed by atoms with Crippen LogP contribution in [0.1, 0.15) is 70.6 Å². The van der Waals surface area contributed by atoms with E-state index >= 15 is 0 Å². The van der Waals surface area contributed by atoms with Gasteiger partial charge in [-0.05, 0) is 38.8 Å². The van der Waals surface area contributed by atoms with E-state index < -0.39 is 0 Å². The van der Waals surface area contributed by atoms with Crippen LogP contribution in [0.4, 0.5) is 0 Å². The quantitative estimate of drug-likeness (QED) is 0.363. The van der Waals surface area contributed by atoms with Crippen LogP contribution in [0.3, 0.4) is 0 Å². The highest BCUT2D eigenvalue weighted by molar-refractivity contribution is 4.71. The maximum Gasteiger partial charge on any atom is 0.0691 e. The molecule has 0 rings (SSSR count). The second kappa shape index (κ2) is 14.3. The molecule has 19 heavy (non-hydrogen) atoms. The van der Waals surface area contributed by atoms with Crippen LogP contribution in [0, 0.1) is 0 Å². The Morgan fingerprint density at radius 1 is 0.632 bits per heavy atom. The van der Waals surface area contributed by atoms with Gasteiger partial charge in [0.1, 0.15) is 0 Å². The topological polar surface area (TPSA) is 98.3 Å². The summed E-state index contributed by atoms with van der Waals surface area (Å²) in [4.78, 5) is 0. The second-order valence-electron chi connectivity index (χ2n) is 5.57. The van der Waals surface area contributed by atoms with Crippen molar-refractivity contribution < 1.29 is 5.11 Å². The van der Waals surface area contributed by atoms with E-state index in [1.807, 2.05) is 0 Å². The Morgan fingerprint density at radius 3 is 1.58 bits per heavy atom. The Morgan fingerprint density at radius 2 is 1.05 bits per heavy atom. The van der Waals surface area contributed by atoms with Gasteiger partial charge in [0.05, 0.1) is 6.10 Å². The van der Waals surface area contributed by atoms with Crippen molar-refractivity contribution in [1.29, 1.82) is 0 Å². The third kappa shape index (κ3) is 12.6. The SMILES string of the molecule is NCCCCCCCC(O)C(N)CCCCCCN. The van der Waals surface area contributed by atoms with E-state index in [9.17, 15) is 5.11 Å². The van der Waals surface area contributed by atoms with Crippen LogP contribution in [-0.2, 0) is 0 Å². The summed E-state index contributed by atoms with van der Waals surface area (Å²) in [6.07, 6.45) is 11.8. The van der Waals surface area contributed by atoms with E-state index in [-0.39, 0.29) is 12.1 Å². The molecule has 0 amide bonds. The van der Waals surface area contributed by atoms with Crippen LogP contribution in [0.15, 0.2) is 0 Å². The number of aliphatic hydroxyl groups is 1. The van der Waals surface area contributed by atoms with E-state index in [2.05, 4.69) is 0 Å². The molecule has 0 fully saturated rings. The number of aliphatic hydroxyl groups excluding tert-OH is 1. The van der Waals surface area contributed by atoms with E-state index in [0.29, 0.717) is 0 Å². The van der Waals surface area contributed by atoms with Gasteiger partial charge in [-0.2, -0.15) is 0 Å². The van der Waals surface area contributed by atoms with Gasteiger partial charge in [0, 0.05) is 6.04 Å². The lowest BCUT2D eigenvalue weighted by Gasteiger charge is -2.18. The predicted octanol–water partition coefficient (Wildman–Crippen LogP) is 1.88. The highest BCUT2D eigenvalue weighted by Gasteiger charge is 2.13. The fourth-order valence-corrected chi connectivity index (χ4v) is 2.31. The third-order valence-electron chi connectivity index (χ3n) is 3.69. The number of unbranched alkanes of at least 4 members (excludes halogenated alkanes) is 7. The Bertz CT molecular complexity index is 179. The lowest BCUT2D eigenvalue weighted by Crippen LogP contribution is -2.34. The number of nitrogens with two attached hydrogens (primary N) is 3. The van der Waals surface area contributed by atoms with Gasteiger partial charge in [0.15, 0.2) is 0 Å². The Kier molecular flexibility index (Phi) is 14.1. The highest BCUT2D eigenvalue weighted by Crippen LogP contribution is 2.12. The minimum absolute atomic E-state index is 0.0538. The molecule has 0 saturated carbocycles. The lowest BCUT2D eigenvalue weighted by atomic mass is 9.98. The molecule has 116 valence electrons. The van der Waals surface area contributed by atoms with Crippen molar-refractivity contribution >= 4 is 0 Å². The molecule has 0 aliphatic heterocycles. The van der Waals surface area contributed by atoms with Crippen molar-refractivity contribution in [3.63, 3.8) is 0 Å². The summed E-state index contributed by atoms with van der Waals surface area (Å²) in [5.74, 6) is 0. The summed E-state index contributed by atoms with van der Waals surface area (Å²) in [5.41, 5.74) is 16.9. The summed E-state index contributed by atoms with van der Waals surface area (Å²) in [6, 6.07) is -0.0538. The first-order chi connectivity index (χ1) is 9.22. The summed E-state index contributed by atoms with van der Waals surface area (Å²) >= 11 is 0. The van der Waals surface area contributed by atoms with Gasteiger partial charge in [-0.3, -0.25) is 0 Å². The first kappa shape index (κ1) is 18.8. The molecule has 2 atom stereocenters. The number of hydrogen-bond donors (Lipinski definition) is 4. The molecule has 7 N–H and O–H groups in total. The van der Waals surface area contributed by atoms with Crippen LogP contribution in [0.25, 0.3) is 0 Å². The predicted molar refractivity (Wildman–Crippen MR) is 82.9 cm³/mol. The smallest absolute Gasteiger partial charge is 0.0691 e. The average molecular weight is 273 g/mol. The van der Waals surface area contributed by atoms with Crippen molar-refractivity contribution in [3.05, 3.63) is 0 Å². The van der Waals surface area contributed by atoms with Crippen molar-refractivity contribution in [3.8, 4) is 0 Å². The van der Waals surface area contributed by atoms with E-state index in [4.69, 9.17) is 17.2 Å². The lowest BCUT2D eigenvalue weighted by molar-refractivity contribution is 0.126. The molecule has 4 nitrogen and oxygen atoms in total. The maximum absolute atomic E-state index is 9.96. The number of rotatable bonds is 14. The highest BCUT2D eigenvalue weighted by atomic mass is 16.3.